The van der Waals surface area contributed by atoms with Crippen molar-refractivity contribution >= 4 is 38.7 Å². The molecule has 7 nitrogen and oxygen atoms in total. The van der Waals surface area contributed by atoms with Crippen molar-refractivity contribution < 1.29 is 13.2 Å². The smallest absolute Gasteiger partial charge is 0.243 e. The lowest BCUT2D eigenvalue weighted by Crippen LogP contribution is -2.35. The number of piperidine rings is 1. The first-order valence-electron chi connectivity index (χ1n) is 9.75. The summed E-state index contributed by atoms with van der Waals surface area (Å²) in [6.45, 7) is 7.72. The fourth-order valence-corrected chi connectivity index (χ4v) is 5.84. The van der Waals surface area contributed by atoms with Gasteiger partial charge in [-0.3, -0.25) is 4.79 Å². The van der Waals surface area contributed by atoms with Crippen molar-refractivity contribution in [1.29, 1.82) is 0 Å². The molecular weight excluding hydrogens is 396 g/mol. The molecule has 1 aliphatic rings. The van der Waals surface area contributed by atoms with Gasteiger partial charge in [0.25, 0.3) is 0 Å². The van der Waals surface area contributed by atoms with E-state index in [-0.39, 0.29) is 22.6 Å². The van der Waals surface area contributed by atoms with E-state index >= 15 is 0 Å². The van der Waals surface area contributed by atoms with Gasteiger partial charge in [-0.25, -0.2) is 13.4 Å². The summed E-state index contributed by atoms with van der Waals surface area (Å²) < 4.78 is 29.5. The molecule has 2 aromatic rings. The van der Waals surface area contributed by atoms with Crippen LogP contribution in [0.1, 0.15) is 40.0 Å². The number of thioether (sulfide) groups is 1. The van der Waals surface area contributed by atoms with Gasteiger partial charge in [0.2, 0.25) is 15.9 Å². The number of sulfonamides is 1. The quantitative estimate of drug-likeness (QED) is 0.691. The molecule has 1 aromatic heterocycles. The molecule has 0 radical (unpaired) electrons. The Balaban J connectivity index is 1.87. The van der Waals surface area contributed by atoms with Gasteiger partial charge in [0.1, 0.15) is 0 Å². The van der Waals surface area contributed by atoms with Gasteiger partial charge in [0.15, 0.2) is 5.16 Å². The molecule has 1 fully saturated rings. The zero-order chi connectivity index (χ0) is 20.3. The van der Waals surface area contributed by atoms with E-state index in [0.29, 0.717) is 25.2 Å². The first-order chi connectivity index (χ1) is 13.3. The molecule has 1 amide bonds. The molecule has 3 rings (SSSR count). The van der Waals surface area contributed by atoms with Crippen LogP contribution < -0.4 is 5.32 Å². The molecule has 2 heterocycles. The lowest BCUT2D eigenvalue weighted by molar-refractivity contribution is -0.119. The largest absolute Gasteiger partial charge is 0.353 e. The van der Waals surface area contributed by atoms with Gasteiger partial charge in [-0.2, -0.15) is 4.31 Å². The molecule has 0 spiro atoms. The minimum absolute atomic E-state index is 0.0388. The number of aromatic nitrogens is 2. The molecule has 0 unspecified atom stereocenters. The molecule has 154 valence electrons. The number of carbonyl (C=O) groups is 1. The predicted molar refractivity (Wildman–Crippen MR) is 112 cm³/mol. The third kappa shape index (κ3) is 4.52. The second-order valence-corrected chi connectivity index (χ2v) is 10.1. The molecular formula is C19H28N4O3S2. The van der Waals surface area contributed by atoms with E-state index in [1.807, 2.05) is 31.4 Å². The first-order valence-corrected chi connectivity index (χ1v) is 12.2. The number of fused-ring (bicyclic) bond motifs is 1. The molecule has 1 saturated heterocycles. The highest BCUT2D eigenvalue weighted by atomic mass is 32.2. The average molecular weight is 425 g/mol. The molecule has 0 saturated carbocycles. The fraction of sp³-hybridized carbons (Fsp3) is 0.579. The Morgan fingerprint density at radius 3 is 2.61 bits per heavy atom. The zero-order valence-corrected chi connectivity index (χ0v) is 18.3. The van der Waals surface area contributed by atoms with Crippen LogP contribution >= 0.6 is 11.8 Å². The van der Waals surface area contributed by atoms with Crippen molar-refractivity contribution in [2.75, 3.05) is 18.8 Å². The monoisotopic (exact) mass is 424 g/mol. The van der Waals surface area contributed by atoms with E-state index in [1.165, 1.54) is 11.8 Å². The van der Waals surface area contributed by atoms with Crippen molar-refractivity contribution in [3.05, 3.63) is 18.2 Å². The Kier molecular flexibility index (Phi) is 6.67. The van der Waals surface area contributed by atoms with Crippen LogP contribution in [0.2, 0.25) is 0 Å². The summed E-state index contributed by atoms with van der Waals surface area (Å²) in [5.74, 6) is 0.239. The minimum atomic E-state index is -3.49. The van der Waals surface area contributed by atoms with Crippen molar-refractivity contribution in [2.24, 2.45) is 0 Å². The molecule has 0 bridgehead atoms. The van der Waals surface area contributed by atoms with Crippen LogP contribution in [0.25, 0.3) is 11.0 Å². The highest BCUT2D eigenvalue weighted by Gasteiger charge is 2.26. The summed E-state index contributed by atoms with van der Waals surface area (Å²) in [7, 11) is -3.49. The third-order valence-corrected chi connectivity index (χ3v) is 7.61. The predicted octanol–water partition coefficient (Wildman–Crippen LogP) is 2.85. The Morgan fingerprint density at radius 2 is 1.96 bits per heavy atom. The van der Waals surface area contributed by atoms with Crippen LogP contribution in [0.15, 0.2) is 28.3 Å². The van der Waals surface area contributed by atoms with Crippen LogP contribution in [0.4, 0.5) is 0 Å². The van der Waals surface area contributed by atoms with Crippen LogP contribution in [0.3, 0.4) is 0 Å². The van der Waals surface area contributed by atoms with Crippen molar-refractivity contribution in [3.63, 3.8) is 0 Å². The molecule has 0 aliphatic carbocycles. The van der Waals surface area contributed by atoms with Crippen molar-refractivity contribution in [1.82, 2.24) is 19.2 Å². The summed E-state index contributed by atoms with van der Waals surface area (Å²) in [5, 5.41) is 3.59. The lowest BCUT2D eigenvalue weighted by Gasteiger charge is -2.25. The number of nitrogens with zero attached hydrogens (tertiary/aromatic N) is 3. The summed E-state index contributed by atoms with van der Waals surface area (Å²) in [6, 6.07) is 5.24. The van der Waals surface area contributed by atoms with Gasteiger partial charge in [0.05, 0.1) is 21.7 Å². The summed E-state index contributed by atoms with van der Waals surface area (Å²) in [6.07, 6.45) is 2.90. The second kappa shape index (κ2) is 8.84. The van der Waals surface area contributed by atoms with Crippen LogP contribution in [0, 0.1) is 0 Å². The molecule has 0 atom stereocenters. The van der Waals surface area contributed by atoms with E-state index in [0.717, 1.165) is 29.9 Å². The van der Waals surface area contributed by atoms with Crippen molar-refractivity contribution in [2.45, 2.75) is 62.7 Å². The highest BCUT2D eigenvalue weighted by Crippen LogP contribution is 2.28. The number of amides is 1. The number of benzene rings is 1. The van der Waals surface area contributed by atoms with E-state index in [2.05, 4.69) is 10.3 Å². The number of nitrogens with one attached hydrogen (secondary N) is 1. The van der Waals surface area contributed by atoms with Crippen LogP contribution in [-0.2, 0) is 21.4 Å². The topological polar surface area (TPSA) is 84.3 Å². The van der Waals surface area contributed by atoms with Gasteiger partial charge in [-0.1, -0.05) is 18.2 Å². The molecule has 1 aromatic carbocycles. The molecule has 1 aliphatic heterocycles. The Labute approximate surface area is 170 Å². The van der Waals surface area contributed by atoms with Gasteiger partial charge in [0, 0.05) is 25.7 Å². The summed E-state index contributed by atoms with van der Waals surface area (Å²) in [5.41, 5.74) is 1.53. The van der Waals surface area contributed by atoms with E-state index in [4.69, 9.17) is 0 Å². The molecule has 1 N–H and O–H groups in total. The maximum absolute atomic E-state index is 12.9. The van der Waals surface area contributed by atoms with E-state index in [9.17, 15) is 13.2 Å². The SMILES string of the molecule is CCn1c(SCC(=O)NC(C)C)nc2cc(S(=O)(=O)N3CCCCC3)ccc21. The number of hydrogen-bond donors (Lipinski definition) is 1. The zero-order valence-electron chi connectivity index (χ0n) is 16.6. The fourth-order valence-electron chi connectivity index (χ4n) is 3.41. The Bertz CT molecular complexity index is 947. The van der Waals surface area contributed by atoms with E-state index in [1.54, 1.807) is 16.4 Å². The highest BCUT2D eigenvalue weighted by molar-refractivity contribution is 7.99. The van der Waals surface area contributed by atoms with E-state index < -0.39 is 10.0 Å². The summed E-state index contributed by atoms with van der Waals surface area (Å²) >= 11 is 1.37. The number of imidazole rings is 1. The van der Waals surface area contributed by atoms with Gasteiger partial charge >= 0.3 is 0 Å². The average Bonchev–Trinajstić information content (AvgIpc) is 3.03. The van der Waals surface area contributed by atoms with Crippen molar-refractivity contribution in [3.8, 4) is 0 Å². The third-order valence-electron chi connectivity index (χ3n) is 4.74. The number of carbonyl (C=O) groups excluding carboxylic acids is 1. The second-order valence-electron chi connectivity index (χ2n) is 7.26. The van der Waals surface area contributed by atoms with Gasteiger partial charge in [-0.15, -0.1) is 0 Å². The number of aryl methyl sites for hydroxylation is 1. The standard InChI is InChI=1S/C19H28N4O3S2/c1-4-23-17-9-8-15(28(25,26)22-10-6-5-7-11-22)12-16(17)21-19(23)27-13-18(24)20-14(2)3/h8-9,12,14H,4-7,10-11,13H2,1-3H3,(H,20,24). The minimum Gasteiger partial charge on any atom is -0.353 e. The van der Waals surface area contributed by atoms with Gasteiger partial charge < -0.3 is 9.88 Å². The number of hydrogen-bond acceptors (Lipinski definition) is 5. The number of rotatable bonds is 7. The Hall–Kier alpha value is -1.58. The maximum Gasteiger partial charge on any atom is 0.243 e. The van der Waals surface area contributed by atoms with Crippen LogP contribution in [0.5, 0.6) is 0 Å². The lowest BCUT2D eigenvalue weighted by atomic mass is 10.2. The van der Waals surface area contributed by atoms with Gasteiger partial charge in [-0.05, 0) is 51.8 Å². The Morgan fingerprint density at radius 1 is 1.25 bits per heavy atom. The molecule has 28 heavy (non-hydrogen) atoms. The summed E-state index contributed by atoms with van der Waals surface area (Å²) in [4.78, 5) is 16.9. The molecule has 9 heteroatoms. The maximum atomic E-state index is 12.9. The first kappa shape index (κ1) is 21.1. The normalized spacial score (nSPS) is 16.0. The van der Waals surface area contributed by atoms with Crippen LogP contribution in [-0.4, -0.2) is 53.1 Å².